The molecule has 2 aliphatic heterocycles. The Kier molecular flexibility index (Phi) is 5.55. The van der Waals surface area contributed by atoms with Crippen LogP contribution in [0.4, 0.5) is 0 Å². The summed E-state index contributed by atoms with van der Waals surface area (Å²) in [5.41, 5.74) is 3.71. The fraction of sp³-hybridized carbons (Fsp3) is 0.435. The van der Waals surface area contributed by atoms with Crippen molar-refractivity contribution in [1.29, 1.82) is 0 Å². The van der Waals surface area contributed by atoms with Crippen molar-refractivity contribution < 1.29 is 9.53 Å². The third-order valence-corrected chi connectivity index (χ3v) is 5.67. The SMILES string of the molecule is Cc1cccc(CN2CCCC2C(=O)N2CCOC(c3ccccc3)C2)c1. The molecular weight excluding hydrogens is 336 g/mol. The average Bonchev–Trinajstić information content (AvgIpc) is 3.16. The van der Waals surface area contributed by atoms with Gasteiger partial charge in [-0.25, -0.2) is 0 Å². The van der Waals surface area contributed by atoms with Gasteiger partial charge in [-0.15, -0.1) is 0 Å². The van der Waals surface area contributed by atoms with Gasteiger partial charge in [-0.2, -0.15) is 0 Å². The van der Waals surface area contributed by atoms with Crippen LogP contribution in [0.2, 0.25) is 0 Å². The van der Waals surface area contributed by atoms with Crippen molar-refractivity contribution in [2.45, 2.75) is 38.5 Å². The molecule has 0 N–H and O–H groups in total. The van der Waals surface area contributed by atoms with Crippen molar-refractivity contribution in [1.82, 2.24) is 9.80 Å². The minimum atomic E-state index is -0.0180. The van der Waals surface area contributed by atoms with Gasteiger partial charge in [0, 0.05) is 13.1 Å². The molecule has 0 aliphatic carbocycles. The molecule has 2 unspecified atom stereocenters. The number of rotatable bonds is 4. The summed E-state index contributed by atoms with van der Waals surface area (Å²) in [7, 11) is 0. The number of ether oxygens (including phenoxy) is 1. The van der Waals surface area contributed by atoms with E-state index in [2.05, 4.69) is 48.2 Å². The lowest BCUT2D eigenvalue weighted by molar-refractivity contribution is -0.144. The second kappa shape index (κ2) is 8.24. The molecule has 2 aromatic carbocycles. The molecule has 0 bridgehead atoms. The second-order valence-corrected chi connectivity index (χ2v) is 7.67. The molecule has 1 amide bonds. The van der Waals surface area contributed by atoms with Crippen molar-refractivity contribution in [3.8, 4) is 0 Å². The summed E-state index contributed by atoms with van der Waals surface area (Å²) in [5.74, 6) is 0.268. The smallest absolute Gasteiger partial charge is 0.240 e. The Hall–Kier alpha value is -2.17. The van der Waals surface area contributed by atoms with Gasteiger partial charge in [-0.1, -0.05) is 60.2 Å². The highest BCUT2D eigenvalue weighted by Crippen LogP contribution is 2.26. The van der Waals surface area contributed by atoms with Crippen LogP contribution in [0.3, 0.4) is 0 Å². The molecule has 2 aromatic rings. The van der Waals surface area contributed by atoms with Crippen LogP contribution < -0.4 is 0 Å². The molecule has 142 valence electrons. The summed E-state index contributed by atoms with van der Waals surface area (Å²) < 4.78 is 5.94. The normalized spacial score (nSPS) is 23.5. The van der Waals surface area contributed by atoms with E-state index >= 15 is 0 Å². The first-order chi connectivity index (χ1) is 13.2. The van der Waals surface area contributed by atoms with Crippen LogP contribution in [-0.4, -0.2) is 48.0 Å². The zero-order valence-corrected chi connectivity index (χ0v) is 16.0. The van der Waals surface area contributed by atoms with Crippen LogP contribution in [0.15, 0.2) is 54.6 Å². The van der Waals surface area contributed by atoms with E-state index in [-0.39, 0.29) is 18.1 Å². The molecule has 2 heterocycles. The molecule has 2 atom stereocenters. The van der Waals surface area contributed by atoms with E-state index in [0.29, 0.717) is 19.7 Å². The van der Waals surface area contributed by atoms with Crippen molar-refractivity contribution in [3.63, 3.8) is 0 Å². The zero-order valence-electron chi connectivity index (χ0n) is 16.0. The fourth-order valence-corrected chi connectivity index (χ4v) is 4.27. The van der Waals surface area contributed by atoms with Crippen LogP contribution in [0.1, 0.15) is 35.6 Å². The van der Waals surface area contributed by atoms with E-state index in [1.807, 2.05) is 23.1 Å². The molecule has 2 fully saturated rings. The Morgan fingerprint density at radius 2 is 1.96 bits per heavy atom. The van der Waals surface area contributed by atoms with Gasteiger partial charge in [0.15, 0.2) is 0 Å². The summed E-state index contributed by atoms with van der Waals surface area (Å²) in [5, 5.41) is 0. The van der Waals surface area contributed by atoms with E-state index in [0.717, 1.165) is 31.5 Å². The monoisotopic (exact) mass is 364 g/mol. The number of carbonyl (C=O) groups is 1. The van der Waals surface area contributed by atoms with E-state index in [1.165, 1.54) is 11.1 Å². The van der Waals surface area contributed by atoms with E-state index in [4.69, 9.17) is 4.74 Å². The largest absolute Gasteiger partial charge is 0.370 e. The summed E-state index contributed by atoms with van der Waals surface area (Å²) in [6, 6.07) is 18.8. The van der Waals surface area contributed by atoms with Gasteiger partial charge < -0.3 is 9.64 Å². The summed E-state index contributed by atoms with van der Waals surface area (Å²) in [6.07, 6.45) is 2.03. The summed E-state index contributed by atoms with van der Waals surface area (Å²) >= 11 is 0. The van der Waals surface area contributed by atoms with E-state index in [1.54, 1.807) is 0 Å². The molecule has 2 saturated heterocycles. The molecule has 0 aromatic heterocycles. The highest BCUT2D eigenvalue weighted by atomic mass is 16.5. The Balaban J connectivity index is 1.43. The van der Waals surface area contributed by atoms with Crippen LogP contribution in [0, 0.1) is 6.92 Å². The molecular formula is C23H28N2O2. The number of benzene rings is 2. The predicted octanol–water partition coefficient (Wildman–Crippen LogP) is 3.56. The number of hydrogen-bond donors (Lipinski definition) is 0. The van der Waals surface area contributed by atoms with Gasteiger partial charge in [-0.05, 0) is 37.4 Å². The second-order valence-electron chi connectivity index (χ2n) is 7.67. The maximum atomic E-state index is 13.3. The lowest BCUT2D eigenvalue weighted by atomic mass is 10.1. The minimum absolute atomic E-state index is 0.0000330. The highest BCUT2D eigenvalue weighted by molar-refractivity contribution is 5.82. The number of hydrogen-bond acceptors (Lipinski definition) is 3. The Bertz CT molecular complexity index is 777. The highest BCUT2D eigenvalue weighted by Gasteiger charge is 2.35. The minimum Gasteiger partial charge on any atom is -0.370 e. The number of aryl methyl sites for hydroxylation is 1. The van der Waals surface area contributed by atoms with Crippen molar-refractivity contribution >= 4 is 5.91 Å². The summed E-state index contributed by atoms with van der Waals surface area (Å²) in [4.78, 5) is 17.6. The summed E-state index contributed by atoms with van der Waals surface area (Å²) in [6.45, 7) is 5.92. The number of amides is 1. The van der Waals surface area contributed by atoms with E-state index < -0.39 is 0 Å². The lowest BCUT2D eigenvalue weighted by Gasteiger charge is -2.36. The van der Waals surface area contributed by atoms with Gasteiger partial charge in [0.1, 0.15) is 6.10 Å². The van der Waals surface area contributed by atoms with Gasteiger partial charge >= 0.3 is 0 Å². The van der Waals surface area contributed by atoms with E-state index in [9.17, 15) is 4.79 Å². The van der Waals surface area contributed by atoms with Gasteiger partial charge in [0.05, 0.1) is 19.2 Å². The number of nitrogens with zero attached hydrogens (tertiary/aromatic N) is 2. The van der Waals surface area contributed by atoms with Gasteiger partial charge in [0.2, 0.25) is 5.91 Å². The Morgan fingerprint density at radius 3 is 2.78 bits per heavy atom. The fourth-order valence-electron chi connectivity index (χ4n) is 4.27. The Morgan fingerprint density at radius 1 is 1.11 bits per heavy atom. The third-order valence-electron chi connectivity index (χ3n) is 5.67. The molecule has 0 saturated carbocycles. The first kappa shape index (κ1) is 18.2. The van der Waals surface area contributed by atoms with Crippen LogP contribution in [0.5, 0.6) is 0 Å². The maximum Gasteiger partial charge on any atom is 0.240 e. The first-order valence-corrected chi connectivity index (χ1v) is 9.95. The molecule has 27 heavy (non-hydrogen) atoms. The third kappa shape index (κ3) is 4.23. The Labute approximate surface area is 161 Å². The van der Waals surface area contributed by atoms with Crippen molar-refractivity contribution in [3.05, 3.63) is 71.3 Å². The standard InChI is InChI=1S/C23H28N2O2/c1-18-7-5-8-19(15-18)16-24-12-6-11-21(24)23(26)25-13-14-27-22(17-25)20-9-3-2-4-10-20/h2-5,7-10,15,21-22H,6,11-14,16-17H2,1H3. The molecule has 4 nitrogen and oxygen atoms in total. The van der Waals surface area contributed by atoms with Crippen LogP contribution in [0.25, 0.3) is 0 Å². The van der Waals surface area contributed by atoms with Crippen molar-refractivity contribution in [2.75, 3.05) is 26.2 Å². The van der Waals surface area contributed by atoms with Crippen LogP contribution in [-0.2, 0) is 16.1 Å². The molecule has 2 aliphatic rings. The number of likely N-dealkylation sites (tertiary alicyclic amines) is 1. The number of morpholine rings is 1. The number of carbonyl (C=O) groups excluding carboxylic acids is 1. The zero-order chi connectivity index (χ0) is 18.6. The predicted molar refractivity (Wildman–Crippen MR) is 106 cm³/mol. The van der Waals surface area contributed by atoms with Gasteiger partial charge in [-0.3, -0.25) is 9.69 Å². The van der Waals surface area contributed by atoms with Gasteiger partial charge in [0.25, 0.3) is 0 Å². The molecule has 0 radical (unpaired) electrons. The molecule has 0 spiro atoms. The molecule has 4 rings (SSSR count). The molecule has 4 heteroatoms. The maximum absolute atomic E-state index is 13.3. The van der Waals surface area contributed by atoms with Crippen LogP contribution >= 0.6 is 0 Å². The van der Waals surface area contributed by atoms with Crippen molar-refractivity contribution in [2.24, 2.45) is 0 Å². The first-order valence-electron chi connectivity index (χ1n) is 9.95. The quantitative estimate of drug-likeness (QED) is 0.832. The lowest BCUT2D eigenvalue weighted by Crippen LogP contribution is -2.50. The topological polar surface area (TPSA) is 32.8 Å². The average molecular weight is 364 g/mol.